The van der Waals surface area contributed by atoms with E-state index >= 15 is 0 Å². The first-order chi connectivity index (χ1) is 8.07. The van der Waals surface area contributed by atoms with E-state index in [4.69, 9.17) is 16.3 Å². The standard InChI is InChI=1S/C12H15BrClFO2/c1-2-6-17-7-5-10(16)8-3-4-9(13)11(14)12(8)15/h3-4,10,16H,2,5-7H2,1H3. The molecule has 0 radical (unpaired) electrons. The molecule has 17 heavy (non-hydrogen) atoms. The molecule has 1 rings (SSSR count). The van der Waals surface area contributed by atoms with Crippen LogP contribution in [0.25, 0.3) is 0 Å². The van der Waals surface area contributed by atoms with Crippen molar-refractivity contribution in [3.8, 4) is 0 Å². The van der Waals surface area contributed by atoms with Crippen LogP contribution >= 0.6 is 27.5 Å². The van der Waals surface area contributed by atoms with Gasteiger partial charge >= 0.3 is 0 Å². The van der Waals surface area contributed by atoms with E-state index in [1.165, 1.54) is 6.07 Å². The summed E-state index contributed by atoms with van der Waals surface area (Å²) in [5.74, 6) is -0.580. The fraction of sp³-hybridized carbons (Fsp3) is 0.500. The number of halogens is 3. The van der Waals surface area contributed by atoms with Crippen LogP contribution in [-0.4, -0.2) is 18.3 Å². The number of rotatable bonds is 6. The van der Waals surface area contributed by atoms with Gasteiger partial charge in [-0.05, 0) is 28.4 Å². The van der Waals surface area contributed by atoms with Gasteiger partial charge in [-0.15, -0.1) is 0 Å². The van der Waals surface area contributed by atoms with Gasteiger partial charge in [-0.2, -0.15) is 0 Å². The Hall–Kier alpha value is -0.160. The maximum absolute atomic E-state index is 13.7. The summed E-state index contributed by atoms with van der Waals surface area (Å²) in [5, 5.41) is 9.82. The van der Waals surface area contributed by atoms with Crippen LogP contribution in [-0.2, 0) is 4.74 Å². The van der Waals surface area contributed by atoms with Gasteiger partial charge in [0.05, 0.1) is 11.1 Å². The van der Waals surface area contributed by atoms with Gasteiger partial charge in [0.25, 0.3) is 0 Å². The fourth-order valence-electron chi connectivity index (χ4n) is 1.40. The second kappa shape index (κ2) is 7.31. The summed E-state index contributed by atoms with van der Waals surface area (Å²) >= 11 is 8.87. The molecule has 2 nitrogen and oxygen atoms in total. The molecule has 1 N–H and O–H groups in total. The third-order valence-corrected chi connectivity index (χ3v) is 3.57. The van der Waals surface area contributed by atoms with Crippen LogP contribution in [0.4, 0.5) is 4.39 Å². The molecule has 0 bridgehead atoms. The minimum Gasteiger partial charge on any atom is -0.388 e. The average Bonchev–Trinajstić information content (AvgIpc) is 2.31. The van der Waals surface area contributed by atoms with Gasteiger partial charge in [0.1, 0.15) is 5.82 Å². The predicted molar refractivity (Wildman–Crippen MR) is 69.8 cm³/mol. The Balaban J connectivity index is 2.63. The van der Waals surface area contributed by atoms with Crippen molar-refractivity contribution >= 4 is 27.5 Å². The zero-order valence-corrected chi connectivity index (χ0v) is 11.9. The maximum Gasteiger partial charge on any atom is 0.148 e. The molecule has 96 valence electrons. The van der Waals surface area contributed by atoms with Crippen molar-refractivity contribution < 1.29 is 14.2 Å². The van der Waals surface area contributed by atoms with E-state index in [2.05, 4.69) is 15.9 Å². The lowest BCUT2D eigenvalue weighted by Crippen LogP contribution is -2.06. The molecule has 0 aliphatic carbocycles. The third kappa shape index (κ3) is 4.21. The molecule has 0 saturated carbocycles. The van der Waals surface area contributed by atoms with Gasteiger partial charge in [0, 0.05) is 29.7 Å². The molecule has 0 heterocycles. The summed E-state index contributed by atoms with van der Waals surface area (Å²) in [5.41, 5.74) is 0.207. The van der Waals surface area contributed by atoms with Crippen LogP contribution in [0.2, 0.25) is 5.02 Å². The van der Waals surface area contributed by atoms with Crippen LogP contribution in [0.3, 0.4) is 0 Å². The maximum atomic E-state index is 13.7. The molecular formula is C12H15BrClFO2. The van der Waals surface area contributed by atoms with E-state index in [0.717, 1.165) is 6.42 Å². The molecule has 1 aromatic rings. The molecule has 5 heteroatoms. The quantitative estimate of drug-likeness (QED) is 0.630. The Morgan fingerprint density at radius 3 is 2.82 bits per heavy atom. The van der Waals surface area contributed by atoms with Crippen molar-refractivity contribution in [3.05, 3.63) is 33.0 Å². The molecule has 0 amide bonds. The normalized spacial score (nSPS) is 12.8. The Kier molecular flexibility index (Phi) is 6.41. The summed E-state index contributed by atoms with van der Waals surface area (Å²) in [6, 6.07) is 3.15. The topological polar surface area (TPSA) is 29.5 Å². The van der Waals surface area contributed by atoms with Gasteiger partial charge in [0.2, 0.25) is 0 Å². The Morgan fingerprint density at radius 1 is 1.47 bits per heavy atom. The van der Waals surface area contributed by atoms with Gasteiger partial charge in [-0.3, -0.25) is 0 Å². The lowest BCUT2D eigenvalue weighted by Gasteiger charge is -2.13. The number of hydrogen-bond acceptors (Lipinski definition) is 2. The molecule has 1 atom stereocenters. The monoisotopic (exact) mass is 324 g/mol. The van der Waals surface area contributed by atoms with Gasteiger partial charge in [-0.1, -0.05) is 24.6 Å². The smallest absolute Gasteiger partial charge is 0.148 e. The number of hydrogen-bond donors (Lipinski definition) is 1. The molecule has 0 aliphatic rings. The summed E-state index contributed by atoms with van der Waals surface area (Å²) < 4.78 is 19.5. The summed E-state index contributed by atoms with van der Waals surface area (Å²) in [7, 11) is 0. The van der Waals surface area contributed by atoms with Crippen LogP contribution in [0.1, 0.15) is 31.4 Å². The highest BCUT2D eigenvalue weighted by Gasteiger charge is 2.16. The van der Waals surface area contributed by atoms with Crippen LogP contribution in [0.5, 0.6) is 0 Å². The predicted octanol–water partition coefficient (Wildman–Crippen LogP) is 4.09. The number of aliphatic hydroxyl groups excluding tert-OH is 1. The van der Waals surface area contributed by atoms with Crippen molar-refractivity contribution in [1.29, 1.82) is 0 Å². The first-order valence-electron chi connectivity index (χ1n) is 5.47. The summed E-state index contributed by atoms with van der Waals surface area (Å²) in [6.07, 6.45) is 0.390. The molecule has 1 unspecified atom stereocenters. The number of benzene rings is 1. The molecule has 0 spiro atoms. The molecule has 0 saturated heterocycles. The van der Waals surface area contributed by atoms with Crippen molar-refractivity contribution in [3.63, 3.8) is 0 Å². The Morgan fingerprint density at radius 2 is 2.18 bits per heavy atom. The van der Waals surface area contributed by atoms with Crippen LogP contribution < -0.4 is 0 Å². The summed E-state index contributed by atoms with van der Waals surface area (Å²) in [6.45, 7) is 3.06. The first-order valence-corrected chi connectivity index (χ1v) is 6.64. The summed E-state index contributed by atoms with van der Waals surface area (Å²) in [4.78, 5) is 0. The Bertz CT molecular complexity index is 374. The second-order valence-corrected chi connectivity index (χ2v) is 4.91. The minimum absolute atomic E-state index is 0.00368. The van der Waals surface area contributed by atoms with E-state index in [1.54, 1.807) is 6.07 Å². The zero-order chi connectivity index (χ0) is 12.8. The molecular weight excluding hydrogens is 310 g/mol. The van der Waals surface area contributed by atoms with E-state index in [9.17, 15) is 9.50 Å². The number of aliphatic hydroxyl groups is 1. The minimum atomic E-state index is -0.891. The highest BCUT2D eigenvalue weighted by atomic mass is 79.9. The first kappa shape index (κ1) is 14.9. The molecule has 1 aromatic carbocycles. The number of ether oxygens (including phenoxy) is 1. The van der Waals surface area contributed by atoms with Crippen molar-refractivity contribution in [2.24, 2.45) is 0 Å². The van der Waals surface area contributed by atoms with E-state index < -0.39 is 11.9 Å². The van der Waals surface area contributed by atoms with Gasteiger partial charge < -0.3 is 9.84 Å². The highest BCUT2D eigenvalue weighted by molar-refractivity contribution is 9.10. The van der Waals surface area contributed by atoms with E-state index in [-0.39, 0.29) is 10.6 Å². The SMILES string of the molecule is CCCOCCC(O)c1ccc(Br)c(Cl)c1F. The lowest BCUT2D eigenvalue weighted by molar-refractivity contribution is 0.0806. The van der Waals surface area contributed by atoms with Crippen LogP contribution in [0.15, 0.2) is 16.6 Å². The zero-order valence-electron chi connectivity index (χ0n) is 9.55. The van der Waals surface area contributed by atoms with Gasteiger partial charge in [-0.25, -0.2) is 4.39 Å². The van der Waals surface area contributed by atoms with Crippen molar-refractivity contribution in [2.75, 3.05) is 13.2 Å². The van der Waals surface area contributed by atoms with Crippen LogP contribution in [0, 0.1) is 5.82 Å². The van der Waals surface area contributed by atoms with Crippen molar-refractivity contribution in [2.45, 2.75) is 25.9 Å². The highest BCUT2D eigenvalue weighted by Crippen LogP contribution is 2.31. The molecule has 0 aromatic heterocycles. The lowest BCUT2D eigenvalue weighted by atomic mass is 10.1. The van der Waals surface area contributed by atoms with E-state index in [1.807, 2.05) is 6.92 Å². The Labute approximate surface area is 114 Å². The molecule has 0 aliphatic heterocycles. The average molecular weight is 326 g/mol. The second-order valence-electron chi connectivity index (χ2n) is 3.68. The van der Waals surface area contributed by atoms with Gasteiger partial charge in [0.15, 0.2) is 0 Å². The van der Waals surface area contributed by atoms with Crippen molar-refractivity contribution in [1.82, 2.24) is 0 Å². The van der Waals surface area contributed by atoms with E-state index in [0.29, 0.717) is 24.1 Å². The molecule has 0 fully saturated rings. The largest absolute Gasteiger partial charge is 0.388 e. The fourth-order valence-corrected chi connectivity index (χ4v) is 1.87. The third-order valence-electron chi connectivity index (χ3n) is 2.31.